The number of aromatic nitrogens is 1. The maximum absolute atomic E-state index is 13.8. The first kappa shape index (κ1) is 12.3. The van der Waals surface area contributed by atoms with E-state index in [0.29, 0.717) is 0 Å². The van der Waals surface area contributed by atoms with E-state index in [9.17, 15) is 8.78 Å². The van der Waals surface area contributed by atoms with Crippen molar-refractivity contribution in [1.29, 1.82) is 0 Å². The van der Waals surface area contributed by atoms with Crippen LogP contribution in [-0.2, 0) is 6.61 Å². The summed E-state index contributed by atoms with van der Waals surface area (Å²) in [7, 11) is 1.38. The molecule has 0 unspecified atom stereocenters. The highest BCUT2D eigenvalue weighted by molar-refractivity contribution is 5.31. The maximum atomic E-state index is 13.8. The lowest BCUT2D eigenvalue weighted by molar-refractivity contribution is 0.278. The number of nitrogens with zero attached hydrogens (tertiary/aromatic N) is 1. The maximum Gasteiger partial charge on any atom is 0.255 e. The average molecular weight is 251 g/mol. The van der Waals surface area contributed by atoms with E-state index in [1.54, 1.807) is 18.2 Å². The molecule has 0 bridgehead atoms. The van der Waals surface area contributed by atoms with E-state index in [2.05, 4.69) is 4.98 Å². The number of methoxy groups -OCH3 is 1. The van der Waals surface area contributed by atoms with Gasteiger partial charge >= 0.3 is 0 Å². The van der Waals surface area contributed by atoms with Crippen LogP contribution in [0.5, 0.6) is 11.5 Å². The Morgan fingerprint density at radius 1 is 1.11 bits per heavy atom. The van der Waals surface area contributed by atoms with Crippen molar-refractivity contribution in [2.24, 2.45) is 0 Å². The fraction of sp³-hybridized carbons (Fsp3) is 0.154. The molecule has 0 aliphatic rings. The van der Waals surface area contributed by atoms with Crippen LogP contribution in [0.4, 0.5) is 8.78 Å². The summed E-state index contributed by atoms with van der Waals surface area (Å²) in [5.74, 6) is -1.12. The lowest BCUT2D eigenvalue weighted by Crippen LogP contribution is -2.02. The predicted molar refractivity (Wildman–Crippen MR) is 61.5 cm³/mol. The molecule has 0 atom stereocenters. The van der Waals surface area contributed by atoms with Gasteiger partial charge < -0.3 is 9.47 Å². The third-order valence-corrected chi connectivity index (χ3v) is 2.37. The summed E-state index contributed by atoms with van der Waals surface area (Å²) < 4.78 is 37.0. The van der Waals surface area contributed by atoms with Gasteiger partial charge in [-0.2, -0.15) is 4.39 Å². The summed E-state index contributed by atoms with van der Waals surface area (Å²) in [6, 6.07) is 7.66. The first-order valence-corrected chi connectivity index (χ1v) is 5.27. The molecular formula is C13H11F2NO2. The van der Waals surface area contributed by atoms with Crippen LogP contribution in [-0.4, -0.2) is 12.1 Å². The molecule has 0 N–H and O–H groups in total. The van der Waals surface area contributed by atoms with Crippen LogP contribution >= 0.6 is 0 Å². The highest BCUT2D eigenvalue weighted by Crippen LogP contribution is 2.22. The second-order valence-electron chi connectivity index (χ2n) is 3.51. The topological polar surface area (TPSA) is 31.4 Å². The highest BCUT2D eigenvalue weighted by atomic mass is 19.1. The van der Waals surface area contributed by atoms with Gasteiger partial charge in [0.25, 0.3) is 5.95 Å². The van der Waals surface area contributed by atoms with E-state index in [0.717, 1.165) is 0 Å². The zero-order valence-corrected chi connectivity index (χ0v) is 9.69. The Labute approximate surface area is 103 Å². The van der Waals surface area contributed by atoms with Gasteiger partial charge in [0, 0.05) is 11.8 Å². The molecule has 1 aromatic heterocycles. The molecule has 0 radical (unpaired) electrons. The molecular weight excluding hydrogens is 240 g/mol. The van der Waals surface area contributed by atoms with Crippen LogP contribution in [0.2, 0.25) is 0 Å². The third kappa shape index (κ3) is 2.56. The second kappa shape index (κ2) is 5.44. The van der Waals surface area contributed by atoms with Gasteiger partial charge in [-0.15, -0.1) is 0 Å². The molecule has 0 spiro atoms. The molecule has 0 aliphatic carbocycles. The zero-order valence-electron chi connectivity index (χ0n) is 9.69. The molecule has 5 heteroatoms. The summed E-state index contributed by atoms with van der Waals surface area (Å²) in [5.41, 5.74) is 0.289. The van der Waals surface area contributed by atoms with Crippen molar-refractivity contribution in [3.63, 3.8) is 0 Å². The van der Waals surface area contributed by atoms with Gasteiger partial charge in [-0.25, -0.2) is 9.37 Å². The minimum absolute atomic E-state index is 0.0141. The van der Waals surface area contributed by atoms with Crippen molar-refractivity contribution < 1.29 is 18.3 Å². The summed E-state index contributed by atoms with van der Waals surface area (Å²) in [4.78, 5) is 3.44. The molecule has 0 saturated heterocycles. The van der Waals surface area contributed by atoms with E-state index in [-0.39, 0.29) is 23.7 Å². The molecule has 0 amide bonds. The Morgan fingerprint density at radius 3 is 2.61 bits per heavy atom. The van der Waals surface area contributed by atoms with Crippen LogP contribution in [0.1, 0.15) is 5.56 Å². The first-order chi connectivity index (χ1) is 8.72. The number of benzene rings is 1. The third-order valence-electron chi connectivity index (χ3n) is 2.37. The number of hydrogen-bond acceptors (Lipinski definition) is 3. The van der Waals surface area contributed by atoms with Gasteiger partial charge in [-0.1, -0.05) is 12.1 Å². The van der Waals surface area contributed by atoms with Gasteiger partial charge in [0.2, 0.25) is 0 Å². The quantitative estimate of drug-likeness (QED) is 0.783. The zero-order chi connectivity index (χ0) is 13.0. The van der Waals surface area contributed by atoms with Gasteiger partial charge in [0.05, 0.1) is 7.11 Å². The van der Waals surface area contributed by atoms with Crippen molar-refractivity contribution in [2.75, 3.05) is 7.11 Å². The van der Waals surface area contributed by atoms with E-state index in [1.165, 1.54) is 25.4 Å². The van der Waals surface area contributed by atoms with E-state index in [1.807, 2.05) is 0 Å². The molecule has 2 rings (SSSR count). The Morgan fingerprint density at radius 2 is 1.89 bits per heavy atom. The normalized spacial score (nSPS) is 10.2. The summed E-state index contributed by atoms with van der Waals surface area (Å²) >= 11 is 0. The van der Waals surface area contributed by atoms with Crippen LogP contribution < -0.4 is 9.47 Å². The lowest BCUT2D eigenvalue weighted by atomic mass is 10.2. The van der Waals surface area contributed by atoms with Crippen molar-refractivity contribution in [2.45, 2.75) is 6.61 Å². The molecule has 0 fully saturated rings. The molecule has 94 valence electrons. The molecule has 1 heterocycles. The van der Waals surface area contributed by atoms with E-state index < -0.39 is 11.8 Å². The fourth-order valence-electron chi connectivity index (χ4n) is 1.46. The number of rotatable bonds is 4. The number of hydrogen-bond donors (Lipinski definition) is 0. The van der Waals surface area contributed by atoms with Crippen LogP contribution in [0.25, 0.3) is 0 Å². The van der Waals surface area contributed by atoms with Gasteiger partial charge in [-0.3, -0.25) is 0 Å². The fourth-order valence-corrected chi connectivity index (χ4v) is 1.46. The average Bonchev–Trinajstić information content (AvgIpc) is 2.39. The Balaban J connectivity index is 2.14. The predicted octanol–water partition coefficient (Wildman–Crippen LogP) is 2.95. The monoisotopic (exact) mass is 251 g/mol. The molecule has 2 aromatic rings. The Bertz CT molecular complexity index is 546. The van der Waals surface area contributed by atoms with Gasteiger partial charge in [0.1, 0.15) is 6.61 Å². The minimum Gasteiger partial charge on any atom is -0.494 e. The Kier molecular flexibility index (Phi) is 3.72. The van der Waals surface area contributed by atoms with Gasteiger partial charge in [0.15, 0.2) is 17.3 Å². The van der Waals surface area contributed by atoms with Crippen LogP contribution in [0, 0.1) is 11.8 Å². The summed E-state index contributed by atoms with van der Waals surface area (Å²) in [6.45, 7) is -0.0916. The number of ether oxygens (including phenoxy) is 2. The second-order valence-corrected chi connectivity index (χ2v) is 3.51. The standard InChI is InChI=1S/C13H11F2NO2/c1-17-10-5-2-4-9(12(10)14)8-18-11-6-3-7-16-13(11)15/h2-7H,8H2,1H3. The van der Waals surface area contributed by atoms with Crippen molar-refractivity contribution in [3.05, 3.63) is 53.9 Å². The number of halogens is 2. The molecule has 3 nitrogen and oxygen atoms in total. The van der Waals surface area contributed by atoms with Crippen molar-refractivity contribution in [3.8, 4) is 11.5 Å². The largest absolute Gasteiger partial charge is 0.494 e. The summed E-state index contributed by atoms with van der Waals surface area (Å²) in [5, 5.41) is 0. The number of pyridine rings is 1. The van der Waals surface area contributed by atoms with Crippen molar-refractivity contribution in [1.82, 2.24) is 4.98 Å². The molecule has 1 aromatic carbocycles. The SMILES string of the molecule is COc1cccc(COc2cccnc2F)c1F. The van der Waals surface area contributed by atoms with Crippen molar-refractivity contribution >= 4 is 0 Å². The molecule has 18 heavy (non-hydrogen) atoms. The highest BCUT2D eigenvalue weighted by Gasteiger charge is 2.10. The first-order valence-electron chi connectivity index (χ1n) is 5.27. The molecule has 0 saturated carbocycles. The molecule has 0 aliphatic heterocycles. The van der Waals surface area contributed by atoms with Gasteiger partial charge in [-0.05, 0) is 18.2 Å². The van der Waals surface area contributed by atoms with Crippen LogP contribution in [0.15, 0.2) is 36.5 Å². The summed E-state index contributed by atoms with van der Waals surface area (Å²) in [6.07, 6.45) is 1.31. The Hall–Kier alpha value is -2.17. The van der Waals surface area contributed by atoms with E-state index >= 15 is 0 Å². The smallest absolute Gasteiger partial charge is 0.255 e. The minimum atomic E-state index is -0.721. The van der Waals surface area contributed by atoms with Crippen LogP contribution in [0.3, 0.4) is 0 Å². The van der Waals surface area contributed by atoms with E-state index in [4.69, 9.17) is 9.47 Å². The lowest BCUT2D eigenvalue weighted by Gasteiger charge is -2.09.